The first-order valence-corrected chi connectivity index (χ1v) is 11.7. The Bertz CT molecular complexity index is 1530. The zero-order chi connectivity index (χ0) is 25.9. The van der Waals surface area contributed by atoms with Crippen molar-refractivity contribution in [1.82, 2.24) is 4.98 Å². The third-order valence-electron chi connectivity index (χ3n) is 6.01. The van der Waals surface area contributed by atoms with Crippen molar-refractivity contribution >= 4 is 29.1 Å². The number of oxazole rings is 1. The van der Waals surface area contributed by atoms with Gasteiger partial charge in [-0.05, 0) is 25.1 Å². The van der Waals surface area contributed by atoms with Crippen molar-refractivity contribution in [1.29, 1.82) is 0 Å². The number of hydrogen-bond donors (Lipinski definition) is 1. The number of anilines is 1. The second-order valence-corrected chi connectivity index (χ2v) is 8.66. The summed E-state index contributed by atoms with van der Waals surface area (Å²) in [7, 11) is 0. The molecule has 0 bridgehead atoms. The summed E-state index contributed by atoms with van der Waals surface area (Å²) in [5.41, 5.74) is 3.54. The number of rotatable bonds is 7. The van der Waals surface area contributed by atoms with Gasteiger partial charge in [0.15, 0.2) is 29.8 Å². The van der Waals surface area contributed by atoms with Gasteiger partial charge in [0.05, 0.1) is 12.6 Å². The Balaban J connectivity index is 1.13. The van der Waals surface area contributed by atoms with Crippen LogP contribution in [0.15, 0.2) is 77.3 Å². The van der Waals surface area contributed by atoms with Crippen molar-refractivity contribution in [3.8, 4) is 11.3 Å². The molecule has 0 spiro atoms. The van der Waals surface area contributed by atoms with Gasteiger partial charge in [0.25, 0.3) is 5.91 Å². The lowest BCUT2D eigenvalue weighted by molar-refractivity contribution is -0.147. The normalized spacial score (nSPS) is 12.0. The molecule has 3 aromatic carbocycles. The van der Waals surface area contributed by atoms with E-state index in [1.807, 2.05) is 31.2 Å². The van der Waals surface area contributed by atoms with E-state index in [9.17, 15) is 19.2 Å². The van der Waals surface area contributed by atoms with Crippen LogP contribution in [-0.2, 0) is 20.7 Å². The summed E-state index contributed by atoms with van der Waals surface area (Å²) in [6.07, 6.45) is 1.83. The Kier molecular flexibility index (Phi) is 6.47. The summed E-state index contributed by atoms with van der Waals surface area (Å²) < 4.78 is 10.8. The molecule has 1 aliphatic rings. The summed E-state index contributed by atoms with van der Waals surface area (Å²) in [5.74, 6) is -0.670. The molecule has 1 heterocycles. The summed E-state index contributed by atoms with van der Waals surface area (Å²) >= 11 is 0. The van der Waals surface area contributed by atoms with Crippen molar-refractivity contribution in [2.75, 3.05) is 11.9 Å². The highest BCUT2D eigenvalue weighted by Crippen LogP contribution is 2.29. The van der Waals surface area contributed by atoms with Crippen LogP contribution in [0.3, 0.4) is 0 Å². The molecule has 8 nitrogen and oxygen atoms in total. The number of fused-ring (bicyclic) bond motifs is 2. The Morgan fingerprint density at radius 2 is 1.57 bits per heavy atom. The lowest BCUT2D eigenvalue weighted by Gasteiger charge is -2.18. The van der Waals surface area contributed by atoms with Crippen LogP contribution in [-0.4, -0.2) is 35.0 Å². The number of hydrogen-bond acceptors (Lipinski definition) is 7. The monoisotopic (exact) mass is 494 g/mol. The van der Waals surface area contributed by atoms with Gasteiger partial charge in [-0.1, -0.05) is 54.1 Å². The Morgan fingerprint density at radius 3 is 2.30 bits per heavy atom. The van der Waals surface area contributed by atoms with Crippen LogP contribution in [0.1, 0.15) is 49.7 Å². The quantitative estimate of drug-likeness (QED) is 0.330. The Hall–Kier alpha value is -4.85. The van der Waals surface area contributed by atoms with Crippen LogP contribution in [0.25, 0.3) is 11.3 Å². The van der Waals surface area contributed by atoms with Gasteiger partial charge >= 0.3 is 5.97 Å². The lowest BCUT2D eigenvalue weighted by Crippen LogP contribution is -2.23. The van der Waals surface area contributed by atoms with E-state index in [2.05, 4.69) is 10.3 Å². The van der Waals surface area contributed by atoms with Crippen molar-refractivity contribution < 1.29 is 28.3 Å². The van der Waals surface area contributed by atoms with Gasteiger partial charge in [-0.3, -0.25) is 19.2 Å². The average molecular weight is 495 g/mol. The number of ether oxygens (including phenoxy) is 1. The summed E-state index contributed by atoms with van der Waals surface area (Å²) in [4.78, 5) is 54.2. The zero-order valence-electron chi connectivity index (χ0n) is 19.9. The minimum Gasteiger partial charge on any atom is -0.456 e. The molecule has 1 aliphatic carbocycles. The summed E-state index contributed by atoms with van der Waals surface area (Å²) in [6.45, 7) is 1.50. The van der Waals surface area contributed by atoms with E-state index >= 15 is 0 Å². The minimum atomic E-state index is -0.576. The maximum Gasteiger partial charge on any atom is 0.306 e. The fourth-order valence-corrected chi connectivity index (χ4v) is 4.08. The Morgan fingerprint density at radius 1 is 0.892 bits per heavy atom. The largest absolute Gasteiger partial charge is 0.456 e. The summed E-state index contributed by atoms with van der Waals surface area (Å²) in [6, 6.07) is 18.9. The van der Waals surface area contributed by atoms with E-state index in [4.69, 9.17) is 9.15 Å². The number of carbonyl (C=O) groups excluding carboxylic acids is 4. The van der Waals surface area contributed by atoms with E-state index in [1.165, 1.54) is 18.2 Å². The SMILES string of the molecule is Cc1ccc(-c2cnc(CCC(=O)OCC(=O)Nc3ccc4c(c3)C(=O)c3ccccc3C4=O)o2)cc1. The predicted molar refractivity (Wildman–Crippen MR) is 134 cm³/mol. The molecule has 0 aliphatic heterocycles. The smallest absolute Gasteiger partial charge is 0.306 e. The first kappa shape index (κ1) is 23.9. The number of nitrogens with zero attached hydrogens (tertiary/aromatic N) is 1. The second kappa shape index (κ2) is 10.0. The first-order valence-electron chi connectivity index (χ1n) is 11.7. The van der Waals surface area contributed by atoms with Crippen LogP contribution in [0.2, 0.25) is 0 Å². The maximum atomic E-state index is 12.8. The number of carbonyl (C=O) groups is 4. The van der Waals surface area contributed by atoms with Gasteiger partial charge in [0.1, 0.15) is 0 Å². The highest BCUT2D eigenvalue weighted by atomic mass is 16.5. The molecule has 0 unspecified atom stereocenters. The van der Waals surface area contributed by atoms with E-state index in [-0.39, 0.29) is 35.5 Å². The van der Waals surface area contributed by atoms with E-state index in [0.717, 1.165) is 11.1 Å². The summed E-state index contributed by atoms with van der Waals surface area (Å²) in [5, 5.41) is 2.60. The molecule has 37 heavy (non-hydrogen) atoms. The number of esters is 1. The van der Waals surface area contributed by atoms with Gasteiger partial charge in [0.2, 0.25) is 0 Å². The molecular formula is C29H22N2O6. The van der Waals surface area contributed by atoms with Crippen LogP contribution < -0.4 is 5.32 Å². The fourth-order valence-electron chi connectivity index (χ4n) is 4.08. The number of benzene rings is 3. The van der Waals surface area contributed by atoms with Gasteiger partial charge < -0.3 is 14.5 Å². The first-order chi connectivity index (χ1) is 17.9. The third-order valence-corrected chi connectivity index (χ3v) is 6.01. The van der Waals surface area contributed by atoms with Crippen LogP contribution in [0.4, 0.5) is 5.69 Å². The lowest BCUT2D eigenvalue weighted by atomic mass is 9.84. The zero-order valence-corrected chi connectivity index (χ0v) is 19.9. The molecular weight excluding hydrogens is 472 g/mol. The van der Waals surface area contributed by atoms with Crippen LogP contribution in [0, 0.1) is 6.92 Å². The highest BCUT2D eigenvalue weighted by Gasteiger charge is 2.29. The molecule has 0 saturated carbocycles. The third kappa shape index (κ3) is 5.08. The highest BCUT2D eigenvalue weighted by molar-refractivity contribution is 6.28. The van der Waals surface area contributed by atoms with E-state index in [1.54, 1.807) is 30.5 Å². The van der Waals surface area contributed by atoms with Crippen molar-refractivity contribution in [2.24, 2.45) is 0 Å². The number of ketones is 2. The molecule has 8 heteroatoms. The number of nitrogens with one attached hydrogen (secondary N) is 1. The molecule has 1 amide bonds. The predicted octanol–water partition coefficient (Wildman–Crippen LogP) is 4.54. The molecule has 4 aromatic rings. The molecule has 5 rings (SSSR count). The maximum absolute atomic E-state index is 12.8. The second-order valence-electron chi connectivity index (χ2n) is 8.66. The number of amides is 1. The minimum absolute atomic E-state index is 0.00397. The number of aromatic nitrogens is 1. The van der Waals surface area contributed by atoms with Crippen LogP contribution in [0.5, 0.6) is 0 Å². The van der Waals surface area contributed by atoms with E-state index < -0.39 is 18.5 Å². The van der Waals surface area contributed by atoms with E-state index in [0.29, 0.717) is 28.5 Å². The van der Waals surface area contributed by atoms with Gasteiger partial charge in [-0.2, -0.15) is 0 Å². The van der Waals surface area contributed by atoms with Crippen LogP contribution >= 0.6 is 0 Å². The fraction of sp³-hybridized carbons (Fsp3) is 0.138. The van der Waals surface area contributed by atoms with Crippen molar-refractivity contribution in [2.45, 2.75) is 19.8 Å². The molecule has 0 saturated heterocycles. The molecule has 0 radical (unpaired) electrons. The topological polar surface area (TPSA) is 116 Å². The van der Waals surface area contributed by atoms with Gasteiger partial charge in [-0.15, -0.1) is 0 Å². The molecule has 1 aromatic heterocycles. The molecule has 0 fully saturated rings. The average Bonchev–Trinajstić information content (AvgIpc) is 3.39. The van der Waals surface area contributed by atoms with Gasteiger partial charge in [0, 0.05) is 39.9 Å². The van der Waals surface area contributed by atoms with Crippen molar-refractivity contribution in [3.63, 3.8) is 0 Å². The van der Waals surface area contributed by atoms with Crippen molar-refractivity contribution in [3.05, 3.63) is 107 Å². The molecule has 1 N–H and O–H groups in total. The van der Waals surface area contributed by atoms with Gasteiger partial charge in [-0.25, -0.2) is 4.98 Å². The standard InChI is InChI=1S/C29H22N2O6/c1-17-6-8-18(9-7-17)24-15-30-26(37-24)12-13-27(33)36-16-25(32)31-19-10-11-22-23(14-19)29(35)21-5-3-2-4-20(21)28(22)34/h2-11,14-15H,12-13,16H2,1H3,(H,31,32). The molecule has 184 valence electrons. The molecule has 0 atom stereocenters. The number of aryl methyl sites for hydroxylation is 2. The Labute approximate surface area is 212 Å².